The highest BCUT2D eigenvalue weighted by Crippen LogP contribution is 2.38. The van der Waals surface area contributed by atoms with E-state index < -0.39 is 11.7 Å². The van der Waals surface area contributed by atoms with Crippen molar-refractivity contribution in [3.63, 3.8) is 0 Å². The van der Waals surface area contributed by atoms with Crippen molar-refractivity contribution in [3.8, 4) is 22.9 Å². The van der Waals surface area contributed by atoms with Crippen LogP contribution in [-0.2, 0) is 6.18 Å². The maximum absolute atomic E-state index is 13.2. The monoisotopic (exact) mass is 314 g/mol. The minimum Gasteiger partial charge on any atom is -0.508 e. The standard InChI is InChI=1S/C17H9F3N2O/c18-17(19,20)14-6-2-5-13-15(10-3-1-4-12(23)7-10)11(8-21)9-22-16(13)14/h1-7,9,23H. The van der Waals surface area contributed by atoms with E-state index in [0.29, 0.717) is 11.1 Å². The zero-order valence-electron chi connectivity index (χ0n) is 11.6. The predicted octanol–water partition coefficient (Wildman–Crippen LogP) is 4.50. The van der Waals surface area contributed by atoms with Gasteiger partial charge in [-0.3, -0.25) is 4.98 Å². The number of phenols is 1. The van der Waals surface area contributed by atoms with E-state index in [-0.39, 0.29) is 22.2 Å². The van der Waals surface area contributed by atoms with Crippen LogP contribution in [0.1, 0.15) is 11.1 Å². The smallest absolute Gasteiger partial charge is 0.418 e. The number of hydrogen-bond donors (Lipinski definition) is 1. The molecule has 0 radical (unpaired) electrons. The summed E-state index contributed by atoms with van der Waals surface area (Å²) in [5.74, 6) is -0.0386. The molecule has 0 aliphatic heterocycles. The summed E-state index contributed by atoms with van der Waals surface area (Å²) in [6.45, 7) is 0. The third-order valence-corrected chi connectivity index (χ3v) is 3.46. The van der Waals surface area contributed by atoms with Crippen molar-refractivity contribution in [2.24, 2.45) is 0 Å². The Bertz CT molecular complexity index is 943. The van der Waals surface area contributed by atoms with E-state index in [2.05, 4.69) is 4.98 Å². The molecule has 0 unspecified atom stereocenters. The highest BCUT2D eigenvalue weighted by atomic mass is 19.4. The minimum atomic E-state index is -4.54. The van der Waals surface area contributed by atoms with Crippen LogP contribution in [0, 0.1) is 11.3 Å². The number of rotatable bonds is 1. The maximum atomic E-state index is 13.2. The Morgan fingerprint density at radius 2 is 1.83 bits per heavy atom. The van der Waals surface area contributed by atoms with Crippen LogP contribution in [0.5, 0.6) is 5.75 Å². The summed E-state index contributed by atoms with van der Waals surface area (Å²) in [5, 5.41) is 19.1. The van der Waals surface area contributed by atoms with Crippen LogP contribution in [0.15, 0.2) is 48.7 Å². The number of halogens is 3. The van der Waals surface area contributed by atoms with Gasteiger partial charge in [-0.1, -0.05) is 24.3 Å². The second-order valence-electron chi connectivity index (χ2n) is 4.91. The van der Waals surface area contributed by atoms with Crippen molar-refractivity contribution in [2.75, 3.05) is 0 Å². The van der Waals surface area contributed by atoms with Gasteiger partial charge in [0.2, 0.25) is 0 Å². The van der Waals surface area contributed by atoms with Gasteiger partial charge in [-0.05, 0) is 23.8 Å². The van der Waals surface area contributed by atoms with Gasteiger partial charge >= 0.3 is 6.18 Å². The number of pyridine rings is 1. The first-order chi connectivity index (χ1) is 10.9. The molecule has 0 amide bonds. The summed E-state index contributed by atoms with van der Waals surface area (Å²) in [5.41, 5.74) is -0.173. The van der Waals surface area contributed by atoms with Gasteiger partial charge < -0.3 is 5.11 Å². The molecule has 0 aliphatic carbocycles. The molecular formula is C17H9F3N2O. The van der Waals surface area contributed by atoms with E-state index >= 15 is 0 Å². The Balaban J connectivity index is 2.43. The molecule has 114 valence electrons. The molecule has 0 spiro atoms. The van der Waals surface area contributed by atoms with Crippen LogP contribution in [0.3, 0.4) is 0 Å². The Morgan fingerprint density at radius 1 is 1.09 bits per heavy atom. The molecule has 0 aliphatic rings. The lowest BCUT2D eigenvalue weighted by molar-refractivity contribution is -0.136. The Morgan fingerprint density at radius 3 is 2.48 bits per heavy atom. The number of benzene rings is 2. The number of nitrogens with zero attached hydrogens (tertiary/aromatic N) is 2. The lowest BCUT2D eigenvalue weighted by atomic mass is 9.95. The fraction of sp³-hybridized carbons (Fsp3) is 0.0588. The predicted molar refractivity (Wildman–Crippen MR) is 78.6 cm³/mol. The van der Waals surface area contributed by atoms with E-state index in [9.17, 15) is 23.5 Å². The molecule has 0 saturated carbocycles. The normalized spacial score (nSPS) is 11.4. The Hall–Kier alpha value is -3.07. The van der Waals surface area contributed by atoms with Crippen LogP contribution in [0.2, 0.25) is 0 Å². The van der Waals surface area contributed by atoms with Crippen molar-refractivity contribution < 1.29 is 18.3 Å². The minimum absolute atomic E-state index is 0.0386. The largest absolute Gasteiger partial charge is 0.508 e. The zero-order valence-corrected chi connectivity index (χ0v) is 11.6. The van der Waals surface area contributed by atoms with Gasteiger partial charge in [0.05, 0.1) is 16.6 Å². The lowest BCUT2D eigenvalue weighted by Gasteiger charge is -2.13. The van der Waals surface area contributed by atoms with Gasteiger partial charge in [-0.15, -0.1) is 0 Å². The highest BCUT2D eigenvalue weighted by Gasteiger charge is 2.33. The number of aromatic nitrogens is 1. The van der Waals surface area contributed by atoms with Crippen LogP contribution < -0.4 is 0 Å². The van der Waals surface area contributed by atoms with Crippen LogP contribution in [0.4, 0.5) is 13.2 Å². The topological polar surface area (TPSA) is 56.9 Å². The van der Waals surface area contributed by atoms with Gasteiger partial charge in [0.1, 0.15) is 11.8 Å². The second-order valence-corrected chi connectivity index (χ2v) is 4.91. The van der Waals surface area contributed by atoms with Crippen LogP contribution >= 0.6 is 0 Å². The number of hydrogen-bond acceptors (Lipinski definition) is 3. The average Bonchev–Trinajstić information content (AvgIpc) is 2.52. The fourth-order valence-electron chi connectivity index (χ4n) is 2.51. The van der Waals surface area contributed by atoms with Crippen molar-refractivity contribution in [1.29, 1.82) is 5.26 Å². The van der Waals surface area contributed by atoms with Gasteiger partial charge in [0.15, 0.2) is 0 Å². The number of fused-ring (bicyclic) bond motifs is 1. The first kappa shape index (κ1) is 14.9. The second kappa shape index (κ2) is 5.29. The van der Waals surface area contributed by atoms with Gasteiger partial charge in [-0.25, -0.2) is 0 Å². The molecule has 0 saturated heterocycles. The molecule has 1 aromatic heterocycles. The van der Waals surface area contributed by atoms with Crippen molar-refractivity contribution in [2.45, 2.75) is 6.18 Å². The van der Waals surface area contributed by atoms with Gasteiger partial charge in [0, 0.05) is 17.1 Å². The molecule has 0 atom stereocenters. The maximum Gasteiger partial charge on any atom is 0.418 e. The number of nitriles is 1. The molecule has 1 heterocycles. The molecule has 0 bridgehead atoms. The van der Waals surface area contributed by atoms with Crippen molar-refractivity contribution in [1.82, 2.24) is 4.98 Å². The summed E-state index contributed by atoms with van der Waals surface area (Å²) in [6.07, 6.45) is -3.42. The summed E-state index contributed by atoms with van der Waals surface area (Å²) >= 11 is 0. The van der Waals surface area contributed by atoms with E-state index in [1.165, 1.54) is 24.3 Å². The molecule has 0 fully saturated rings. The van der Waals surface area contributed by atoms with Crippen LogP contribution in [0.25, 0.3) is 22.0 Å². The molecule has 6 heteroatoms. The van der Waals surface area contributed by atoms with Crippen LogP contribution in [-0.4, -0.2) is 10.1 Å². The third-order valence-electron chi connectivity index (χ3n) is 3.46. The van der Waals surface area contributed by atoms with Crippen molar-refractivity contribution >= 4 is 10.9 Å². The quantitative estimate of drug-likeness (QED) is 0.719. The van der Waals surface area contributed by atoms with Crippen molar-refractivity contribution in [3.05, 3.63) is 59.8 Å². The first-order valence-electron chi connectivity index (χ1n) is 6.60. The summed E-state index contributed by atoms with van der Waals surface area (Å²) in [7, 11) is 0. The first-order valence-corrected chi connectivity index (χ1v) is 6.60. The summed E-state index contributed by atoms with van der Waals surface area (Å²) in [4.78, 5) is 3.82. The number of alkyl halides is 3. The molecule has 3 aromatic rings. The van der Waals surface area contributed by atoms with E-state index in [1.807, 2.05) is 6.07 Å². The average molecular weight is 314 g/mol. The van der Waals surface area contributed by atoms with E-state index in [4.69, 9.17) is 0 Å². The highest BCUT2D eigenvalue weighted by molar-refractivity contribution is 5.98. The number of para-hydroxylation sites is 1. The molecule has 1 N–H and O–H groups in total. The Labute approximate surface area is 129 Å². The zero-order chi connectivity index (χ0) is 16.6. The van der Waals surface area contributed by atoms with Gasteiger partial charge in [-0.2, -0.15) is 18.4 Å². The fourth-order valence-corrected chi connectivity index (χ4v) is 2.51. The molecule has 23 heavy (non-hydrogen) atoms. The Kier molecular flexibility index (Phi) is 3.41. The molecule has 3 nitrogen and oxygen atoms in total. The SMILES string of the molecule is N#Cc1cnc2c(C(F)(F)F)cccc2c1-c1cccc(O)c1. The summed E-state index contributed by atoms with van der Waals surface area (Å²) in [6, 6.07) is 11.7. The van der Waals surface area contributed by atoms with E-state index in [0.717, 1.165) is 12.3 Å². The molecule has 2 aromatic carbocycles. The summed E-state index contributed by atoms with van der Waals surface area (Å²) < 4.78 is 39.5. The lowest BCUT2D eigenvalue weighted by Crippen LogP contribution is -2.07. The number of phenolic OH excluding ortho intramolecular Hbond substituents is 1. The molecule has 3 rings (SSSR count). The molecular weight excluding hydrogens is 305 g/mol. The van der Waals surface area contributed by atoms with E-state index in [1.54, 1.807) is 12.1 Å². The third kappa shape index (κ3) is 2.57. The number of aromatic hydroxyl groups is 1. The van der Waals surface area contributed by atoms with Gasteiger partial charge in [0.25, 0.3) is 0 Å².